The van der Waals surface area contributed by atoms with Crippen LogP contribution in [0.15, 0.2) is 0 Å². The van der Waals surface area contributed by atoms with E-state index in [9.17, 15) is 0 Å². The molecule has 2 heteroatoms. The fourth-order valence-electron chi connectivity index (χ4n) is 3.71. The Labute approximate surface area is 160 Å². The van der Waals surface area contributed by atoms with Crippen LogP contribution < -0.4 is 5.32 Å². The molecule has 0 aliphatic carbocycles. The third kappa shape index (κ3) is 15.9. The van der Waals surface area contributed by atoms with E-state index in [1.165, 1.54) is 88.4 Å². The molecule has 2 nitrogen and oxygen atoms in total. The Morgan fingerprint density at radius 2 is 1.40 bits per heavy atom. The summed E-state index contributed by atoms with van der Waals surface area (Å²) in [5.74, 6) is 2.67. The Morgan fingerprint density at radius 3 is 1.96 bits per heavy atom. The zero-order chi connectivity index (χ0) is 19.1. The highest BCUT2D eigenvalue weighted by molar-refractivity contribution is 4.63. The molecule has 0 fully saturated rings. The fraction of sp³-hybridized carbons (Fsp3) is 1.00. The molecular weight excluding hydrogens is 304 g/mol. The van der Waals surface area contributed by atoms with E-state index in [2.05, 4.69) is 54.0 Å². The van der Waals surface area contributed by atoms with Gasteiger partial charge in [-0.1, -0.05) is 53.9 Å². The molecule has 0 bridgehead atoms. The van der Waals surface area contributed by atoms with Crippen molar-refractivity contribution in [2.75, 3.05) is 40.3 Å². The summed E-state index contributed by atoms with van der Waals surface area (Å²) in [6, 6.07) is 0. The lowest BCUT2D eigenvalue weighted by Gasteiger charge is -2.31. The average molecular weight is 356 g/mol. The second-order valence-electron chi connectivity index (χ2n) is 9.56. The van der Waals surface area contributed by atoms with Gasteiger partial charge in [0, 0.05) is 0 Å². The first-order chi connectivity index (χ1) is 11.8. The lowest BCUT2D eigenvalue weighted by Crippen LogP contribution is -2.41. The summed E-state index contributed by atoms with van der Waals surface area (Å²) in [5.41, 5.74) is 0. The van der Waals surface area contributed by atoms with Crippen molar-refractivity contribution in [3.8, 4) is 0 Å². The predicted octanol–water partition coefficient (Wildman–Crippen LogP) is 6.11. The summed E-state index contributed by atoms with van der Waals surface area (Å²) >= 11 is 0. The Hall–Kier alpha value is -0.0800. The maximum Gasteiger partial charge on any atom is 0.0782 e. The quantitative estimate of drug-likeness (QED) is 0.245. The van der Waals surface area contributed by atoms with E-state index in [-0.39, 0.29) is 0 Å². The Bertz CT molecular complexity index is 286. The third-order valence-corrected chi connectivity index (χ3v) is 5.81. The molecular formula is C23H51N2+. The Morgan fingerprint density at radius 1 is 0.760 bits per heavy atom. The maximum atomic E-state index is 3.54. The monoisotopic (exact) mass is 355 g/mol. The van der Waals surface area contributed by atoms with Gasteiger partial charge in [-0.25, -0.2) is 0 Å². The highest BCUT2D eigenvalue weighted by Crippen LogP contribution is 2.22. The number of hydrogen-bond acceptors (Lipinski definition) is 1. The van der Waals surface area contributed by atoms with E-state index in [1.54, 1.807) is 0 Å². The van der Waals surface area contributed by atoms with E-state index < -0.39 is 0 Å². The minimum absolute atomic E-state index is 0.851. The minimum Gasteiger partial charge on any atom is -0.328 e. The van der Waals surface area contributed by atoms with Gasteiger partial charge in [-0.2, -0.15) is 0 Å². The summed E-state index contributed by atoms with van der Waals surface area (Å²) in [7, 11) is 4.85. The first kappa shape index (κ1) is 24.9. The molecule has 0 aromatic rings. The van der Waals surface area contributed by atoms with Gasteiger partial charge >= 0.3 is 0 Å². The van der Waals surface area contributed by atoms with E-state index in [0.717, 1.165) is 17.8 Å². The third-order valence-electron chi connectivity index (χ3n) is 5.81. The van der Waals surface area contributed by atoms with E-state index in [0.29, 0.717) is 0 Å². The van der Waals surface area contributed by atoms with Crippen LogP contribution in [-0.4, -0.2) is 44.8 Å². The first-order valence-electron chi connectivity index (χ1n) is 11.3. The van der Waals surface area contributed by atoms with Crippen molar-refractivity contribution >= 4 is 0 Å². The number of nitrogens with zero attached hydrogens (tertiary/aromatic N) is 1. The molecule has 0 aliphatic heterocycles. The highest BCUT2D eigenvalue weighted by Gasteiger charge is 2.16. The molecule has 0 aromatic heterocycles. The van der Waals surface area contributed by atoms with Crippen molar-refractivity contribution in [1.29, 1.82) is 0 Å². The van der Waals surface area contributed by atoms with Crippen molar-refractivity contribution in [2.45, 2.75) is 92.4 Å². The predicted molar refractivity (Wildman–Crippen MR) is 115 cm³/mol. The van der Waals surface area contributed by atoms with Crippen LogP contribution in [0.4, 0.5) is 0 Å². The number of hydrogen-bond donors (Lipinski definition) is 1. The van der Waals surface area contributed by atoms with Crippen LogP contribution >= 0.6 is 0 Å². The van der Waals surface area contributed by atoms with Gasteiger partial charge < -0.3 is 9.80 Å². The molecule has 152 valence electrons. The summed E-state index contributed by atoms with van der Waals surface area (Å²) in [4.78, 5) is 0. The van der Waals surface area contributed by atoms with Crippen LogP contribution in [0.25, 0.3) is 0 Å². The Balaban J connectivity index is 3.85. The van der Waals surface area contributed by atoms with Crippen LogP contribution in [0.2, 0.25) is 0 Å². The first-order valence-corrected chi connectivity index (χ1v) is 11.3. The second kappa shape index (κ2) is 15.0. The number of rotatable bonds is 17. The Kier molecular flexibility index (Phi) is 15.0. The lowest BCUT2D eigenvalue weighted by molar-refractivity contribution is -0.890. The van der Waals surface area contributed by atoms with Crippen LogP contribution in [0.3, 0.4) is 0 Å². The molecule has 25 heavy (non-hydrogen) atoms. The molecule has 0 saturated heterocycles. The molecule has 0 saturated carbocycles. The smallest absolute Gasteiger partial charge is 0.0782 e. The van der Waals surface area contributed by atoms with Crippen LogP contribution in [0, 0.1) is 17.8 Å². The van der Waals surface area contributed by atoms with E-state index in [1.807, 2.05) is 0 Å². The van der Waals surface area contributed by atoms with Crippen LogP contribution in [0.5, 0.6) is 0 Å². The second-order valence-corrected chi connectivity index (χ2v) is 9.56. The highest BCUT2D eigenvalue weighted by atomic mass is 15.3. The molecule has 2 unspecified atom stereocenters. The van der Waals surface area contributed by atoms with Crippen molar-refractivity contribution in [3.05, 3.63) is 0 Å². The number of quaternary nitrogens is 1. The minimum atomic E-state index is 0.851. The van der Waals surface area contributed by atoms with Gasteiger partial charge in [0.1, 0.15) is 0 Å². The molecule has 0 aliphatic rings. The molecule has 0 aromatic carbocycles. The molecule has 0 amide bonds. The average Bonchev–Trinajstić information content (AvgIpc) is 2.54. The maximum absolute atomic E-state index is 3.54. The van der Waals surface area contributed by atoms with E-state index >= 15 is 0 Å². The van der Waals surface area contributed by atoms with Crippen LogP contribution in [0.1, 0.15) is 92.4 Å². The largest absolute Gasteiger partial charge is 0.328 e. The fourth-order valence-corrected chi connectivity index (χ4v) is 3.71. The van der Waals surface area contributed by atoms with Gasteiger partial charge in [-0.3, -0.25) is 0 Å². The summed E-state index contributed by atoms with van der Waals surface area (Å²) in [6.45, 7) is 16.8. The van der Waals surface area contributed by atoms with Gasteiger partial charge in [0.2, 0.25) is 0 Å². The number of nitrogens with one attached hydrogen (secondary N) is 1. The zero-order valence-electron chi connectivity index (χ0n) is 18.9. The zero-order valence-corrected chi connectivity index (χ0v) is 18.9. The standard InChI is InChI=1S/C23H51N2/c1-8-17-24-18-16-22(5)14-15-23(9-2)13-11-20-25(6,7)19-10-12-21(3)4/h21-24H,8-20H2,1-7H3/q+1. The van der Waals surface area contributed by atoms with Gasteiger partial charge in [-0.05, 0) is 69.4 Å². The van der Waals surface area contributed by atoms with Crippen molar-refractivity contribution in [1.82, 2.24) is 5.32 Å². The normalized spacial score (nSPS) is 14.9. The topological polar surface area (TPSA) is 12.0 Å². The van der Waals surface area contributed by atoms with Gasteiger partial charge in [0.05, 0.1) is 27.2 Å². The lowest BCUT2D eigenvalue weighted by atomic mass is 9.90. The van der Waals surface area contributed by atoms with Gasteiger partial charge in [-0.15, -0.1) is 0 Å². The van der Waals surface area contributed by atoms with Gasteiger partial charge in [0.25, 0.3) is 0 Å². The van der Waals surface area contributed by atoms with Crippen molar-refractivity contribution in [2.24, 2.45) is 17.8 Å². The molecule has 2 atom stereocenters. The molecule has 0 radical (unpaired) electrons. The SMILES string of the molecule is CCCNCCC(C)CCC(CC)CCC[N+](C)(C)CCCC(C)C. The molecule has 0 rings (SSSR count). The summed E-state index contributed by atoms with van der Waals surface area (Å²) in [5, 5.41) is 3.54. The van der Waals surface area contributed by atoms with Crippen molar-refractivity contribution in [3.63, 3.8) is 0 Å². The van der Waals surface area contributed by atoms with Gasteiger partial charge in [0.15, 0.2) is 0 Å². The summed E-state index contributed by atoms with van der Waals surface area (Å²) < 4.78 is 1.21. The van der Waals surface area contributed by atoms with E-state index in [4.69, 9.17) is 0 Å². The summed E-state index contributed by atoms with van der Waals surface area (Å²) in [6.07, 6.45) is 12.4. The van der Waals surface area contributed by atoms with Crippen LogP contribution in [-0.2, 0) is 0 Å². The van der Waals surface area contributed by atoms with Crippen molar-refractivity contribution < 1.29 is 4.48 Å². The molecule has 1 N–H and O–H groups in total. The molecule has 0 spiro atoms. The molecule has 0 heterocycles.